The maximum absolute atomic E-state index is 2.45. The molecule has 0 bridgehead atoms. The van der Waals surface area contributed by atoms with Crippen molar-refractivity contribution in [1.82, 2.24) is 9.13 Å². The summed E-state index contributed by atoms with van der Waals surface area (Å²) in [6, 6.07) is 81.5. The highest BCUT2D eigenvalue weighted by Crippen LogP contribution is 2.51. The first-order chi connectivity index (χ1) is 32.0. The SMILES string of the molecule is CC1(C)c2cc(-c3ccc4c(c3)c3ccccc3n4-c3ccc4cc5c(cc4c3)c3ccccc3n5-c3cccc4ccccc34)ccc2-c2ccc(-c3cccc4ccccc34)cc21. The Hall–Kier alpha value is -8.20. The Morgan fingerprint density at radius 1 is 0.292 bits per heavy atom. The van der Waals surface area contributed by atoms with E-state index in [-0.39, 0.29) is 5.41 Å². The summed E-state index contributed by atoms with van der Waals surface area (Å²) in [5.74, 6) is 0. The number of aromatic nitrogens is 2. The van der Waals surface area contributed by atoms with Crippen molar-refractivity contribution in [3.63, 3.8) is 0 Å². The van der Waals surface area contributed by atoms with Gasteiger partial charge in [-0.2, -0.15) is 0 Å². The van der Waals surface area contributed by atoms with Crippen LogP contribution in [0.5, 0.6) is 0 Å². The molecule has 0 aliphatic heterocycles. The largest absolute Gasteiger partial charge is 0.309 e. The molecule has 2 nitrogen and oxygen atoms in total. The molecule has 2 aromatic heterocycles. The molecule has 0 unspecified atom stereocenters. The third-order valence-corrected chi connectivity index (χ3v) is 14.7. The lowest BCUT2D eigenvalue weighted by atomic mass is 9.80. The van der Waals surface area contributed by atoms with E-state index in [2.05, 4.69) is 241 Å². The van der Waals surface area contributed by atoms with E-state index in [0.29, 0.717) is 0 Å². The van der Waals surface area contributed by atoms with Crippen LogP contribution in [0, 0.1) is 0 Å². The van der Waals surface area contributed by atoms with E-state index in [4.69, 9.17) is 0 Å². The second-order valence-corrected chi connectivity index (χ2v) is 18.5. The average molecular weight is 827 g/mol. The number of nitrogens with zero attached hydrogens (tertiary/aromatic N) is 2. The minimum Gasteiger partial charge on any atom is -0.309 e. The quantitative estimate of drug-likeness (QED) is 0.167. The van der Waals surface area contributed by atoms with E-state index in [1.165, 1.54) is 126 Å². The zero-order valence-electron chi connectivity index (χ0n) is 36.2. The standard InChI is InChI=1S/C63H42N2/c1-63(2)56-36-42(26-30-50(56)51-31-27-44(37-57(51)63)48-21-11-15-39-13-3-5-17-47(39)48)41-28-32-61-54(34-41)52-19-7-9-22-59(52)64(61)46-29-25-43-38-62-55(35-45(43)33-46)53-20-8-10-23-60(53)65(62)58-24-12-16-40-14-4-6-18-49(40)58/h3-38H,1-2H3. The summed E-state index contributed by atoms with van der Waals surface area (Å²) in [6.45, 7) is 4.78. The summed E-state index contributed by atoms with van der Waals surface area (Å²) in [5, 5.41) is 12.5. The van der Waals surface area contributed by atoms with Crippen molar-refractivity contribution in [1.29, 1.82) is 0 Å². The number of hydrogen-bond donors (Lipinski definition) is 0. The van der Waals surface area contributed by atoms with Crippen molar-refractivity contribution in [3.05, 3.63) is 230 Å². The summed E-state index contributed by atoms with van der Waals surface area (Å²) in [6.07, 6.45) is 0. The van der Waals surface area contributed by atoms with Gasteiger partial charge in [-0.05, 0) is 138 Å². The number of fused-ring (bicyclic) bond motifs is 12. The molecule has 13 aromatic rings. The Bertz CT molecular complexity index is 4150. The lowest BCUT2D eigenvalue weighted by Gasteiger charge is -2.23. The Balaban J connectivity index is 0.874. The van der Waals surface area contributed by atoms with Crippen molar-refractivity contribution >= 4 is 75.9 Å². The Kier molecular flexibility index (Phi) is 7.49. The smallest absolute Gasteiger partial charge is 0.0547 e. The highest BCUT2D eigenvalue weighted by Gasteiger charge is 2.36. The van der Waals surface area contributed by atoms with E-state index in [1.807, 2.05) is 0 Å². The molecule has 1 aliphatic carbocycles. The van der Waals surface area contributed by atoms with Crippen LogP contribution in [0.4, 0.5) is 0 Å². The summed E-state index contributed by atoms with van der Waals surface area (Å²) < 4.78 is 4.91. The van der Waals surface area contributed by atoms with E-state index in [0.717, 1.165) is 5.69 Å². The fraction of sp³-hybridized carbons (Fsp3) is 0.0476. The van der Waals surface area contributed by atoms with Crippen LogP contribution in [-0.4, -0.2) is 9.13 Å². The van der Waals surface area contributed by atoms with Crippen LogP contribution in [0.1, 0.15) is 25.0 Å². The molecular weight excluding hydrogens is 785 g/mol. The zero-order valence-corrected chi connectivity index (χ0v) is 36.2. The molecule has 304 valence electrons. The predicted molar refractivity (Wildman–Crippen MR) is 276 cm³/mol. The minimum absolute atomic E-state index is 0.145. The van der Waals surface area contributed by atoms with Gasteiger partial charge in [0.05, 0.1) is 27.8 Å². The van der Waals surface area contributed by atoms with Gasteiger partial charge in [0, 0.05) is 38.0 Å². The maximum atomic E-state index is 2.45. The van der Waals surface area contributed by atoms with Crippen LogP contribution >= 0.6 is 0 Å². The molecule has 0 amide bonds. The molecular formula is C63H42N2. The molecule has 0 spiro atoms. The molecule has 0 fully saturated rings. The fourth-order valence-corrected chi connectivity index (χ4v) is 11.5. The van der Waals surface area contributed by atoms with Crippen LogP contribution in [0.15, 0.2) is 218 Å². The fourth-order valence-electron chi connectivity index (χ4n) is 11.5. The van der Waals surface area contributed by atoms with Crippen molar-refractivity contribution in [2.45, 2.75) is 19.3 Å². The van der Waals surface area contributed by atoms with Crippen LogP contribution in [0.2, 0.25) is 0 Å². The van der Waals surface area contributed by atoms with E-state index >= 15 is 0 Å². The predicted octanol–water partition coefficient (Wildman–Crippen LogP) is 17.0. The topological polar surface area (TPSA) is 9.86 Å². The molecule has 0 radical (unpaired) electrons. The Morgan fingerprint density at radius 2 is 0.846 bits per heavy atom. The normalized spacial score (nSPS) is 13.2. The van der Waals surface area contributed by atoms with Crippen molar-refractivity contribution < 1.29 is 0 Å². The average Bonchev–Trinajstić information content (AvgIpc) is 3.94. The molecule has 14 rings (SSSR count). The van der Waals surface area contributed by atoms with Crippen LogP contribution < -0.4 is 0 Å². The van der Waals surface area contributed by atoms with Crippen LogP contribution in [0.3, 0.4) is 0 Å². The van der Waals surface area contributed by atoms with Crippen LogP contribution in [-0.2, 0) is 5.41 Å². The van der Waals surface area contributed by atoms with E-state index in [9.17, 15) is 0 Å². The second-order valence-electron chi connectivity index (χ2n) is 18.5. The maximum Gasteiger partial charge on any atom is 0.0547 e. The molecule has 1 aliphatic rings. The molecule has 2 heteroatoms. The molecule has 0 N–H and O–H groups in total. The molecule has 65 heavy (non-hydrogen) atoms. The van der Waals surface area contributed by atoms with Crippen molar-refractivity contribution in [2.24, 2.45) is 0 Å². The summed E-state index contributed by atoms with van der Waals surface area (Å²) in [7, 11) is 0. The van der Waals surface area contributed by atoms with Gasteiger partial charge in [-0.3, -0.25) is 0 Å². The second kappa shape index (κ2) is 13.4. The molecule has 0 saturated carbocycles. The molecule has 11 aromatic carbocycles. The number of hydrogen-bond acceptors (Lipinski definition) is 0. The van der Waals surface area contributed by atoms with Gasteiger partial charge in [-0.15, -0.1) is 0 Å². The van der Waals surface area contributed by atoms with Gasteiger partial charge in [0.15, 0.2) is 0 Å². The van der Waals surface area contributed by atoms with Crippen molar-refractivity contribution in [3.8, 4) is 44.8 Å². The van der Waals surface area contributed by atoms with Gasteiger partial charge in [-0.1, -0.05) is 166 Å². The summed E-state index contributed by atoms with van der Waals surface area (Å²) >= 11 is 0. The first kappa shape index (κ1) is 36.3. The Labute approximate surface area is 376 Å². The van der Waals surface area contributed by atoms with Crippen molar-refractivity contribution in [2.75, 3.05) is 0 Å². The Morgan fingerprint density at radius 3 is 1.62 bits per heavy atom. The van der Waals surface area contributed by atoms with Gasteiger partial charge in [-0.25, -0.2) is 0 Å². The zero-order chi connectivity index (χ0) is 43.0. The van der Waals surface area contributed by atoms with E-state index < -0.39 is 0 Å². The molecule has 0 atom stereocenters. The lowest BCUT2D eigenvalue weighted by molar-refractivity contribution is 0.661. The molecule has 0 saturated heterocycles. The van der Waals surface area contributed by atoms with Crippen LogP contribution in [0.25, 0.3) is 121 Å². The number of benzene rings is 11. The highest BCUT2D eigenvalue weighted by atomic mass is 15.0. The highest BCUT2D eigenvalue weighted by molar-refractivity contribution is 6.15. The number of para-hydroxylation sites is 2. The third-order valence-electron chi connectivity index (χ3n) is 14.7. The van der Waals surface area contributed by atoms with Gasteiger partial charge >= 0.3 is 0 Å². The molecule has 2 heterocycles. The summed E-state index contributed by atoms with van der Waals surface area (Å²) in [5.41, 5.74) is 17.5. The van der Waals surface area contributed by atoms with Gasteiger partial charge in [0.25, 0.3) is 0 Å². The van der Waals surface area contributed by atoms with Gasteiger partial charge in [0.1, 0.15) is 0 Å². The minimum atomic E-state index is -0.145. The summed E-state index contributed by atoms with van der Waals surface area (Å²) in [4.78, 5) is 0. The monoisotopic (exact) mass is 826 g/mol. The van der Waals surface area contributed by atoms with Gasteiger partial charge < -0.3 is 9.13 Å². The van der Waals surface area contributed by atoms with Gasteiger partial charge in [0.2, 0.25) is 0 Å². The lowest BCUT2D eigenvalue weighted by Crippen LogP contribution is -2.15. The first-order valence-electron chi connectivity index (χ1n) is 22.7. The third kappa shape index (κ3) is 5.23. The van der Waals surface area contributed by atoms with E-state index in [1.54, 1.807) is 0 Å². The number of rotatable bonds is 4. The first-order valence-corrected chi connectivity index (χ1v) is 22.7.